The minimum Gasteiger partial charge on any atom is -0.327 e. The van der Waals surface area contributed by atoms with Gasteiger partial charge in [0, 0.05) is 6.04 Å². The molecule has 0 aliphatic rings. The summed E-state index contributed by atoms with van der Waals surface area (Å²) in [4.78, 5) is 0. The zero-order valence-electron chi connectivity index (χ0n) is 10.1. The number of aryl methyl sites for hydroxylation is 1. The summed E-state index contributed by atoms with van der Waals surface area (Å²) in [6.07, 6.45) is 1.49. The van der Waals surface area contributed by atoms with Crippen molar-refractivity contribution < 1.29 is 4.39 Å². The lowest BCUT2D eigenvalue weighted by molar-refractivity contribution is 0.305. The fourth-order valence-corrected chi connectivity index (χ4v) is 1.89. The third kappa shape index (κ3) is 3.56. The van der Waals surface area contributed by atoms with E-state index in [9.17, 15) is 4.39 Å². The van der Waals surface area contributed by atoms with Gasteiger partial charge < -0.3 is 5.73 Å². The summed E-state index contributed by atoms with van der Waals surface area (Å²) in [6.45, 7) is 6.32. The molecule has 0 aliphatic carbocycles. The Morgan fingerprint density at radius 2 is 2.00 bits per heavy atom. The van der Waals surface area contributed by atoms with E-state index in [1.165, 1.54) is 0 Å². The third-order valence-corrected chi connectivity index (χ3v) is 3.48. The normalized spacial score (nSPS) is 13.9. The maximum atomic E-state index is 13.7. The van der Waals surface area contributed by atoms with Crippen LogP contribution in [0.2, 0.25) is 0 Å². The van der Waals surface area contributed by atoms with E-state index in [4.69, 9.17) is 5.73 Å². The van der Waals surface area contributed by atoms with Crippen molar-refractivity contribution in [3.05, 3.63) is 34.1 Å². The lowest BCUT2D eigenvalue weighted by Crippen LogP contribution is -2.35. The maximum absolute atomic E-state index is 13.7. The molecule has 1 aromatic rings. The average molecular weight is 288 g/mol. The van der Waals surface area contributed by atoms with Gasteiger partial charge in [0.2, 0.25) is 0 Å². The Morgan fingerprint density at radius 1 is 1.38 bits per heavy atom. The highest BCUT2D eigenvalue weighted by Gasteiger charge is 2.20. The van der Waals surface area contributed by atoms with Gasteiger partial charge in [-0.15, -0.1) is 0 Å². The van der Waals surface area contributed by atoms with Crippen molar-refractivity contribution in [1.82, 2.24) is 0 Å². The van der Waals surface area contributed by atoms with Crippen molar-refractivity contribution in [3.63, 3.8) is 0 Å². The van der Waals surface area contributed by atoms with Gasteiger partial charge in [-0.3, -0.25) is 0 Å². The van der Waals surface area contributed by atoms with Gasteiger partial charge in [0.25, 0.3) is 0 Å². The van der Waals surface area contributed by atoms with Crippen molar-refractivity contribution in [1.29, 1.82) is 0 Å². The first-order chi connectivity index (χ1) is 7.32. The van der Waals surface area contributed by atoms with Crippen molar-refractivity contribution >= 4 is 15.9 Å². The van der Waals surface area contributed by atoms with Crippen LogP contribution in [0.5, 0.6) is 0 Å². The number of halogens is 2. The highest BCUT2D eigenvalue weighted by molar-refractivity contribution is 9.10. The van der Waals surface area contributed by atoms with Gasteiger partial charge in [0.1, 0.15) is 5.82 Å². The van der Waals surface area contributed by atoms with Gasteiger partial charge in [-0.1, -0.05) is 32.9 Å². The molecule has 0 amide bonds. The van der Waals surface area contributed by atoms with Gasteiger partial charge in [0.15, 0.2) is 0 Å². The van der Waals surface area contributed by atoms with Crippen LogP contribution in [-0.2, 0) is 6.42 Å². The molecule has 0 saturated carbocycles. The van der Waals surface area contributed by atoms with E-state index in [2.05, 4.69) is 36.7 Å². The first-order valence-corrected chi connectivity index (χ1v) is 6.30. The standard InChI is InChI=1S/C13H19BrFN/c1-13(2,3)11(16)8-7-9-5-4-6-10(14)12(9)15/h4-6,11H,7-8,16H2,1-3H3. The van der Waals surface area contributed by atoms with Gasteiger partial charge in [-0.25, -0.2) is 4.39 Å². The van der Waals surface area contributed by atoms with Crippen LogP contribution in [-0.4, -0.2) is 6.04 Å². The molecule has 0 aliphatic heterocycles. The van der Waals surface area contributed by atoms with Gasteiger partial charge in [0.05, 0.1) is 4.47 Å². The van der Waals surface area contributed by atoms with E-state index in [1.54, 1.807) is 6.07 Å². The monoisotopic (exact) mass is 287 g/mol. The summed E-state index contributed by atoms with van der Waals surface area (Å²) in [6, 6.07) is 5.47. The molecule has 1 atom stereocenters. The van der Waals surface area contributed by atoms with E-state index in [0.29, 0.717) is 10.9 Å². The Labute approximate surface area is 105 Å². The number of hydrogen-bond acceptors (Lipinski definition) is 1. The molecule has 1 aromatic carbocycles. The summed E-state index contributed by atoms with van der Waals surface area (Å²) in [5, 5.41) is 0. The van der Waals surface area contributed by atoms with E-state index in [-0.39, 0.29) is 17.3 Å². The van der Waals surface area contributed by atoms with Crippen molar-refractivity contribution in [2.75, 3.05) is 0 Å². The minimum absolute atomic E-state index is 0.0719. The van der Waals surface area contributed by atoms with Crippen LogP contribution >= 0.6 is 15.9 Å². The molecule has 0 radical (unpaired) electrons. The zero-order valence-corrected chi connectivity index (χ0v) is 11.6. The first kappa shape index (κ1) is 13.7. The molecule has 0 fully saturated rings. The Bertz CT molecular complexity index is 357. The fraction of sp³-hybridized carbons (Fsp3) is 0.538. The molecule has 0 aromatic heterocycles. The largest absolute Gasteiger partial charge is 0.327 e. The first-order valence-electron chi connectivity index (χ1n) is 5.51. The molecule has 1 unspecified atom stereocenters. The Kier molecular flexibility index (Phi) is 4.51. The van der Waals surface area contributed by atoms with Crippen LogP contribution in [0, 0.1) is 11.2 Å². The highest BCUT2D eigenvalue weighted by Crippen LogP contribution is 2.24. The van der Waals surface area contributed by atoms with Gasteiger partial charge >= 0.3 is 0 Å². The fourth-order valence-electron chi connectivity index (χ4n) is 1.49. The van der Waals surface area contributed by atoms with E-state index >= 15 is 0 Å². The van der Waals surface area contributed by atoms with Crippen molar-refractivity contribution in [2.45, 2.75) is 39.7 Å². The molecule has 1 rings (SSSR count). The SMILES string of the molecule is CC(C)(C)C(N)CCc1cccc(Br)c1F. The molecule has 0 heterocycles. The smallest absolute Gasteiger partial charge is 0.140 e. The third-order valence-electron chi connectivity index (χ3n) is 2.87. The van der Waals surface area contributed by atoms with Crippen LogP contribution in [0.15, 0.2) is 22.7 Å². The molecule has 3 heteroatoms. The van der Waals surface area contributed by atoms with Crippen molar-refractivity contribution in [3.8, 4) is 0 Å². The minimum atomic E-state index is -0.163. The number of nitrogens with two attached hydrogens (primary N) is 1. The van der Waals surface area contributed by atoms with Crippen LogP contribution < -0.4 is 5.73 Å². The van der Waals surface area contributed by atoms with Crippen LogP contribution in [0.1, 0.15) is 32.8 Å². The van der Waals surface area contributed by atoms with E-state index in [1.807, 2.05) is 12.1 Å². The summed E-state index contributed by atoms with van der Waals surface area (Å²) in [7, 11) is 0. The van der Waals surface area contributed by atoms with Crippen molar-refractivity contribution in [2.24, 2.45) is 11.1 Å². The molecule has 16 heavy (non-hydrogen) atoms. The number of rotatable bonds is 3. The summed E-state index contributed by atoms with van der Waals surface area (Å²) in [5.74, 6) is -0.163. The highest BCUT2D eigenvalue weighted by atomic mass is 79.9. The summed E-state index contributed by atoms with van der Waals surface area (Å²) in [5.41, 5.74) is 6.86. The van der Waals surface area contributed by atoms with E-state index in [0.717, 1.165) is 12.0 Å². The summed E-state index contributed by atoms with van der Waals surface area (Å²) < 4.78 is 14.2. The molecule has 90 valence electrons. The second kappa shape index (κ2) is 5.28. The van der Waals surface area contributed by atoms with E-state index < -0.39 is 0 Å². The molecular weight excluding hydrogens is 269 g/mol. The van der Waals surface area contributed by atoms with Crippen LogP contribution in [0.3, 0.4) is 0 Å². The second-order valence-electron chi connectivity index (χ2n) is 5.22. The van der Waals surface area contributed by atoms with Gasteiger partial charge in [-0.2, -0.15) is 0 Å². The Balaban J connectivity index is 2.65. The topological polar surface area (TPSA) is 26.0 Å². The summed E-state index contributed by atoms with van der Waals surface area (Å²) >= 11 is 3.19. The molecule has 0 bridgehead atoms. The molecule has 2 N–H and O–H groups in total. The lowest BCUT2D eigenvalue weighted by Gasteiger charge is -2.27. The maximum Gasteiger partial charge on any atom is 0.140 e. The average Bonchev–Trinajstić information content (AvgIpc) is 2.18. The Morgan fingerprint density at radius 3 is 2.56 bits per heavy atom. The Hall–Kier alpha value is -0.410. The lowest BCUT2D eigenvalue weighted by atomic mass is 9.84. The van der Waals surface area contributed by atoms with Crippen LogP contribution in [0.25, 0.3) is 0 Å². The molecule has 0 saturated heterocycles. The van der Waals surface area contributed by atoms with Crippen LogP contribution in [0.4, 0.5) is 4.39 Å². The quantitative estimate of drug-likeness (QED) is 0.897. The second-order valence-corrected chi connectivity index (χ2v) is 6.08. The number of hydrogen-bond donors (Lipinski definition) is 1. The predicted octanol–water partition coefficient (Wildman–Crippen LogP) is 3.89. The molecule has 1 nitrogen and oxygen atoms in total. The van der Waals surface area contributed by atoms with Gasteiger partial charge in [-0.05, 0) is 45.8 Å². The molecule has 0 spiro atoms. The zero-order chi connectivity index (χ0) is 12.3. The molecular formula is C13H19BrFN. The predicted molar refractivity (Wildman–Crippen MR) is 69.9 cm³/mol. The number of benzene rings is 1.